The van der Waals surface area contributed by atoms with Gasteiger partial charge in [-0.25, -0.2) is 14.4 Å². The Kier molecular flexibility index (Phi) is 7.52. The van der Waals surface area contributed by atoms with Gasteiger partial charge in [-0.15, -0.1) is 11.3 Å². The molecule has 0 spiro atoms. The number of ether oxygens (including phenoxy) is 2. The van der Waals surface area contributed by atoms with E-state index in [4.69, 9.17) is 9.47 Å². The Balaban J connectivity index is 1.57. The van der Waals surface area contributed by atoms with Crippen LogP contribution in [-0.2, 0) is 4.74 Å². The van der Waals surface area contributed by atoms with Crippen molar-refractivity contribution >= 4 is 38.8 Å². The fraction of sp³-hybridized carbons (Fsp3) is 0.458. The summed E-state index contributed by atoms with van der Waals surface area (Å²) >= 11 is 1.40. The maximum absolute atomic E-state index is 13.9. The van der Waals surface area contributed by atoms with Crippen molar-refractivity contribution in [3.05, 3.63) is 40.8 Å². The van der Waals surface area contributed by atoms with Crippen LogP contribution in [0.5, 0.6) is 5.75 Å². The monoisotopic (exact) mass is 472 g/mol. The van der Waals surface area contributed by atoms with Gasteiger partial charge in [0.2, 0.25) is 0 Å². The quantitative estimate of drug-likeness (QED) is 0.330. The van der Waals surface area contributed by atoms with Gasteiger partial charge in [-0.2, -0.15) is 0 Å². The molecular weight excluding hydrogens is 443 g/mol. The van der Waals surface area contributed by atoms with E-state index in [0.717, 1.165) is 46.5 Å². The van der Waals surface area contributed by atoms with Crippen molar-refractivity contribution in [2.45, 2.75) is 38.7 Å². The van der Waals surface area contributed by atoms with Gasteiger partial charge in [-0.05, 0) is 58.1 Å². The molecule has 1 fully saturated rings. The zero-order valence-corrected chi connectivity index (χ0v) is 20.0. The Morgan fingerprint density at radius 2 is 2.18 bits per heavy atom. The van der Waals surface area contributed by atoms with Gasteiger partial charge < -0.3 is 19.7 Å². The van der Waals surface area contributed by atoms with Crippen LogP contribution in [0.4, 0.5) is 15.9 Å². The average molecular weight is 473 g/mol. The number of hydrogen-bond acceptors (Lipinski definition) is 8. The molecular formula is C24H29FN4O3S. The molecule has 0 aliphatic carbocycles. The number of aromatic nitrogens is 2. The SMILES string of the molecule is Cc1c(C(=O)CCCCN(C)C)sc2ncnc(Nc3ccc(F)cc3O[C@@H]3CCOC3)c12. The lowest BCUT2D eigenvalue weighted by Gasteiger charge is -2.17. The first-order valence-corrected chi connectivity index (χ1v) is 12.0. The third-order valence-corrected chi connectivity index (χ3v) is 6.86. The number of aryl methyl sites for hydroxylation is 1. The normalized spacial score (nSPS) is 16.0. The number of rotatable bonds is 10. The van der Waals surface area contributed by atoms with Crippen LogP contribution in [0.25, 0.3) is 10.2 Å². The molecule has 0 saturated carbocycles. The molecule has 2 aromatic heterocycles. The largest absolute Gasteiger partial charge is 0.486 e. The molecule has 0 radical (unpaired) electrons. The minimum atomic E-state index is -0.379. The highest BCUT2D eigenvalue weighted by Crippen LogP contribution is 2.37. The molecule has 9 heteroatoms. The highest BCUT2D eigenvalue weighted by atomic mass is 32.1. The van der Waals surface area contributed by atoms with Crippen molar-refractivity contribution in [3.63, 3.8) is 0 Å². The van der Waals surface area contributed by atoms with Crippen molar-refractivity contribution in [2.24, 2.45) is 0 Å². The van der Waals surface area contributed by atoms with Crippen LogP contribution in [0.1, 0.15) is 40.9 Å². The maximum Gasteiger partial charge on any atom is 0.173 e. The first-order valence-electron chi connectivity index (χ1n) is 11.2. The summed E-state index contributed by atoms with van der Waals surface area (Å²) in [5.74, 6) is 0.727. The summed E-state index contributed by atoms with van der Waals surface area (Å²) in [5, 5.41) is 4.09. The fourth-order valence-corrected chi connectivity index (χ4v) is 4.99. The molecule has 4 rings (SSSR count). The van der Waals surface area contributed by atoms with E-state index in [2.05, 4.69) is 20.2 Å². The van der Waals surface area contributed by atoms with Crippen molar-refractivity contribution in [1.82, 2.24) is 14.9 Å². The van der Waals surface area contributed by atoms with E-state index in [1.54, 1.807) is 6.07 Å². The number of benzene rings is 1. The van der Waals surface area contributed by atoms with Crippen LogP contribution in [0, 0.1) is 12.7 Å². The van der Waals surface area contributed by atoms with Gasteiger partial charge in [0.15, 0.2) is 5.78 Å². The number of unbranched alkanes of at least 4 members (excludes halogenated alkanes) is 1. The van der Waals surface area contributed by atoms with E-state index in [-0.39, 0.29) is 17.7 Å². The van der Waals surface area contributed by atoms with Crippen molar-refractivity contribution in [2.75, 3.05) is 39.2 Å². The van der Waals surface area contributed by atoms with E-state index in [1.807, 2.05) is 21.0 Å². The number of nitrogens with zero attached hydrogens (tertiary/aromatic N) is 3. The molecule has 0 unspecified atom stereocenters. The first-order chi connectivity index (χ1) is 15.9. The zero-order valence-electron chi connectivity index (χ0n) is 19.2. The van der Waals surface area contributed by atoms with Gasteiger partial charge in [0.25, 0.3) is 0 Å². The number of carbonyl (C=O) groups is 1. The molecule has 1 aliphatic heterocycles. The standard InChI is InChI=1S/C24H29FN4O3S/c1-15-21-23(28-18-8-7-16(25)12-20(18)32-17-9-11-31-13-17)26-14-27-24(21)33-22(15)19(30)6-4-5-10-29(2)3/h7-8,12,14,17H,4-6,9-11,13H2,1-3H3,(H,26,27,28)/t17-/m1/s1. The van der Waals surface area contributed by atoms with E-state index in [0.29, 0.717) is 36.9 Å². The number of anilines is 2. The lowest BCUT2D eigenvalue weighted by molar-refractivity contribution is 0.0982. The Morgan fingerprint density at radius 1 is 1.33 bits per heavy atom. The second kappa shape index (κ2) is 10.5. The fourth-order valence-electron chi connectivity index (χ4n) is 3.87. The lowest BCUT2D eigenvalue weighted by Crippen LogP contribution is -2.16. The van der Waals surface area contributed by atoms with E-state index in [9.17, 15) is 9.18 Å². The Hall–Kier alpha value is -2.62. The maximum atomic E-state index is 13.9. The highest BCUT2D eigenvalue weighted by molar-refractivity contribution is 7.20. The van der Waals surface area contributed by atoms with Crippen LogP contribution in [0.2, 0.25) is 0 Å². The van der Waals surface area contributed by atoms with Gasteiger partial charge in [-0.1, -0.05) is 0 Å². The molecule has 33 heavy (non-hydrogen) atoms. The number of Topliss-reactive ketones (excluding diaryl/α,β-unsaturated/α-hetero) is 1. The average Bonchev–Trinajstić information content (AvgIpc) is 3.41. The summed E-state index contributed by atoms with van der Waals surface area (Å²) in [4.78, 5) is 25.3. The van der Waals surface area contributed by atoms with Crippen LogP contribution in [0.15, 0.2) is 24.5 Å². The van der Waals surface area contributed by atoms with Crippen molar-refractivity contribution in [1.29, 1.82) is 0 Å². The number of fused-ring (bicyclic) bond motifs is 1. The molecule has 1 aromatic carbocycles. The smallest absolute Gasteiger partial charge is 0.173 e. The van der Waals surface area contributed by atoms with Crippen LogP contribution >= 0.6 is 11.3 Å². The van der Waals surface area contributed by atoms with Crippen LogP contribution < -0.4 is 10.1 Å². The molecule has 1 saturated heterocycles. The molecule has 1 atom stereocenters. The number of hydrogen-bond donors (Lipinski definition) is 1. The summed E-state index contributed by atoms with van der Waals surface area (Å²) in [6, 6.07) is 4.37. The highest BCUT2D eigenvalue weighted by Gasteiger charge is 2.22. The van der Waals surface area contributed by atoms with Crippen LogP contribution in [0.3, 0.4) is 0 Å². The van der Waals surface area contributed by atoms with E-state index in [1.165, 1.54) is 29.8 Å². The second-order valence-corrected chi connectivity index (χ2v) is 9.51. The molecule has 3 heterocycles. The molecule has 176 valence electrons. The molecule has 0 amide bonds. The van der Waals surface area contributed by atoms with Gasteiger partial charge in [0, 0.05) is 18.9 Å². The van der Waals surface area contributed by atoms with Crippen molar-refractivity contribution < 1.29 is 18.7 Å². The first kappa shape index (κ1) is 23.5. The number of thiophene rings is 1. The van der Waals surface area contributed by atoms with Crippen LogP contribution in [-0.4, -0.2) is 60.6 Å². The van der Waals surface area contributed by atoms with Gasteiger partial charge in [0.1, 0.15) is 34.6 Å². The minimum Gasteiger partial charge on any atom is -0.486 e. The van der Waals surface area contributed by atoms with Gasteiger partial charge >= 0.3 is 0 Å². The Labute approximate surface area is 196 Å². The predicted molar refractivity (Wildman–Crippen MR) is 128 cm³/mol. The third-order valence-electron chi connectivity index (χ3n) is 5.62. The number of nitrogens with one attached hydrogen (secondary N) is 1. The third kappa shape index (κ3) is 5.66. The topological polar surface area (TPSA) is 76.6 Å². The number of halogens is 1. The van der Waals surface area contributed by atoms with Gasteiger partial charge in [0.05, 0.1) is 29.2 Å². The predicted octanol–water partition coefficient (Wildman–Crippen LogP) is 4.96. The zero-order chi connectivity index (χ0) is 23.4. The molecule has 7 nitrogen and oxygen atoms in total. The molecule has 0 bridgehead atoms. The summed E-state index contributed by atoms with van der Waals surface area (Å²) < 4.78 is 25.3. The van der Waals surface area contributed by atoms with E-state index >= 15 is 0 Å². The lowest BCUT2D eigenvalue weighted by atomic mass is 10.1. The van der Waals surface area contributed by atoms with Crippen molar-refractivity contribution in [3.8, 4) is 5.75 Å². The summed E-state index contributed by atoms with van der Waals surface area (Å²) in [5.41, 5.74) is 1.47. The summed E-state index contributed by atoms with van der Waals surface area (Å²) in [6.07, 6.45) is 4.46. The Morgan fingerprint density at radius 3 is 2.94 bits per heavy atom. The number of carbonyl (C=O) groups excluding carboxylic acids is 1. The minimum absolute atomic E-state index is 0.114. The molecule has 3 aromatic rings. The molecule has 1 N–H and O–H groups in total. The molecule has 1 aliphatic rings. The Bertz CT molecular complexity index is 1130. The van der Waals surface area contributed by atoms with Gasteiger partial charge in [-0.3, -0.25) is 4.79 Å². The number of ketones is 1. The summed E-state index contributed by atoms with van der Waals surface area (Å²) in [6.45, 7) is 4.01. The summed E-state index contributed by atoms with van der Waals surface area (Å²) in [7, 11) is 4.06. The van der Waals surface area contributed by atoms with E-state index < -0.39 is 0 Å². The second-order valence-electron chi connectivity index (χ2n) is 8.51.